The molecule has 0 spiro atoms. The maximum Gasteiger partial charge on any atom is 0.405 e. The van der Waals surface area contributed by atoms with Crippen LogP contribution in [0.5, 0.6) is 0 Å². The molecule has 0 aliphatic rings. The Labute approximate surface area is 109 Å². The van der Waals surface area contributed by atoms with E-state index in [-0.39, 0.29) is 12.6 Å². The summed E-state index contributed by atoms with van der Waals surface area (Å²) in [6, 6.07) is 5.23. The summed E-state index contributed by atoms with van der Waals surface area (Å²) in [5.74, 6) is -0.664. The Balaban J connectivity index is 2.46. The van der Waals surface area contributed by atoms with E-state index >= 15 is 0 Å². The van der Waals surface area contributed by atoms with Gasteiger partial charge in [-0.1, -0.05) is 6.07 Å². The molecule has 0 radical (unpaired) electrons. The maximum absolute atomic E-state index is 11.9. The number of hydrogen-bond donors (Lipinski definition) is 1. The average Bonchev–Trinajstić information content (AvgIpc) is 2.35. The minimum Gasteiger partial charge on any atom is -0.346 e. The Kier molecular flexibility index (Phi) is 5.29. The second-order valence-electron chi connectivity index (χ2n) is 4.24. The van der Waals surface area contributed by atoms with E-state index in [4.69, 9.17) is 0 Å². The zero-order valence-electron chi connectivity index (χ0n) is 10.7. The molecule has 0 aromatic carbocycles. The van der Waals surface area contributed by atoms with E-state index in [9.17, 15) is 18.0 Å². The highest BCUT2D eigenvalue weighted by atomic mass is 19.4. The Morgan fingerprint density at radius 3 is 2.68 bits per heavy atom. The molecule has 1 atom stereocenters. The molecule has 0 fully saturated rings. The number of carbonyl (C=O) groups excluding carboxylic acids is 1. The summed E-state index contributed by atoms with van der Waals surface area (Å²) in [5, 5.41) is 1.83. The number of alkyl halides is 3. The van der Waals surface area contributed by atoms with Gasteiger partial charge in [-0.3, -0.25) is 14.7 Å². The number of amides is 1. The fraction of sp³-hybridized carbons (Fsp3) is 0.500. The van der Waals surface area contributed by atoms with Gasteiger partial charge in [0.2, 0.25) is 5.91 Å². The quantitative estimate of drug-likeness (QED) is 0.890. The Morgan fingerprint density at radius 1 is 1.47 bits per heavy atom. The highest BCUT2D eigenvalue weighted by molar-refractivity contribution is 5.78. The van der Waals surface area contributed by atoms with Crippen LogP contribution >= 0.6 is 0 Å². The van der Waals surface area contributed by atoms with E-state index in [1.165, 1.54) is 0 Å². The predicted molar refractivity (Wildman–Crippen MR) is 64.3 cm³/mol. The molecule has 0 aliphatic carbocycles. The van der Waals surface area contributed by atoms with Crippen molar-refractivity contribution < 1.29 is 18.0 Å². The lowest BCUT2D eigenvalue weighted by Gasteiger charge is -2.23. The lowest BCUT2D eigenvalue weighted by Crippen LogP contribution is -2.40. The van der Waals surface area contributed by atoms with Crippen molar-refractivity contribution in [3.05, 3.63) is 30.1 Å². The summed E-state index contributed by atoms with van der Waals surface area (Å²) in [5.41, 5.74) is 0.758. The van der Waals surface area contributed by atoms with Crippen molar-refractivity contribution in [3.63, 3.8) is 0 Å². The van der Waals surface area contributed by atoms with Gasteiger partial charge in [0.1, 0.15) is 6.54 Å². The predicted octanol–water partition coefficient (Wildman–Crippen LogP) is 1.75. The first-order chi connectivity index (χ1) is 8.79. The number of nitrogens with one attached hydrogen (secondary N) is 1. The van der Waals surface area contributed by atoms with Gasteiger partial charge in [-0.2, -0.15) is 13.2 Å². The van der Waals surface area contributed by atoms with Crippen molar-refractivity contribution >= 4 is 5.91 Å². The van der Waals surface area contributed by atoms with Crippen LogP contribution in [0, 0.1) is 0 Å². The Bertz CT molecular complexity index is 408. The number of pyridine rings is 1. The normalized spacial score (nSPS) is 13.4. The fourth-order valence-corrected chi connectivity index (χ4v) is 1.47. The summed E-state index contributed by atoms with van der Waals surface area (Å²) in [4.78, 5) is 17.1. The molecule has 0 saturated carbocycles. The van der Waals surface area contributed by atoms with Crippen LogP contribution in [0.2, 0.25) is 0 Å². The summed E-state index contributed by atoms with van der Waals surface area (Å²) >= 11 is 0. The van der Waals surface area contributed by atoms with Crippen LogP contribution in [0.1, 0.15) is 18.7 Å². The molecule has 19 heavy (non-hydrogen) atoms. The van der Waals surface area contributed by atoms with Gasteiger partial charge in [-0.05, 0) is 26.1 Å². The standard InChI is InChI=1S/C12H16F3N3O/c1-9(10-5-3-4-6-16-10)18(2)7-11(19)17-8-12(13,14)15/h3-6,9H,7-8H2,1-2H3,(H,17,19)/t9-/m0/s1. The number of likely N-dealkylation sites (N-methyl/N-ethyl adjacent to an activating group) is 1. The molecule has 0 unspecified atom stereocenters. The van der Waals surface area contributed by atoms with Crippen molar-refractivity contribution in [2.24, 2.45) is 0 Å². The van der Waals surface area contributed by atoms with Gasteiger partial charge >= 0.3 is 6.18 Å². The Morgan fingerprint density at radius 2 is 2.16 bits per heavy atom. The van der Waals surface area contributed by atoms with Gasteiger partial charge in [-0.15, -0.1) is 0 Å². The van der Waals surface area contributed by atoms with Crippen LogP contribution in [0.25, 0.3) is 0 Å². The fourth-order valence-electron chi connectivity index (χ4n) is 1.47. The van der Waals surface area contributed by atoms with Crippen molar-refractivity contribution in [3.8, 4) is 0 Å². The van der Waals surface area contributed by atoms with Crippen LogP contribution in [-0.4, -0.2) is 42.1 Å². The van der Waals surface area contributed by atoms with Gasteiger partial charge in [0.25, 0.3) is 0 Å². The second-order valence-corrected chi connectivity index (χ2v) is 4.24. The molecule has 1 aromatic rings. The number of nitrogens with zero attached hydrogens (tertiary/aromatic N) is 2. The van der Waals surface area contributed by atoms with E-state index in [0.29, 0.717) is 0 Å². The molecule has 1 rings (SSSR count). The molecule has 106 valence electrons. The number of aromatic nitrogens is 1. The SMILES string of the molecule is C[C@@H](c1ccccn1)N(C)CC(=O)NCC(F)(F)F. The lowest BCUT2D eigenvalue weighted by atomic mass is 10.2. The van der Waals surface area contributed by atoms with Crippen molar-refractivity contribution in [1.29, 1.82) is 0 Å². The first-order valence-corrected chi connectivity index (χ1v) is 5.74. The smallest absolute Gasteiger partial charge is 0.346 e. The van der Waals surface area contributed by atoms with E-state index in [0.717, 1.165) is 5.69 Å². The van der Waals surface area contributed by atoms with E-state index in [1.54, 1.807) is 30.3 Å². The van der Waals surface area contributed by atoms with Crippen LogP contribution in [0.15, 0.2) is 24.4 Å². The summed E-state index contributed by atoms with van der Waals surface area (Å²) < 4.78 is 35.8. The van der Waals surface area contributed by atoms with Crippen LogP contribution in [0.4, 0.5) is 13.2 Å². The molecule has 1 N–H and O–H groups in total. The van der Waals surface area contributed by atoms with Gasteiger partial charge in [0.05, 0.1) is 12.2 Å². The third kappa shape index (κ3) is 5.69. The zero-order valence-corrected chi connectivity index (χ0v) is 10.7. The topological polar surface area (TPSA) is 45.2 Å². The van der Waals surface area contributed by atoms with Crippen LogP contribution < -0.4 is 5.32 Å². The zero-order chi connectivity index (χ0) is 14.5. The molecule has 4 nitrogen and oxygen atoms in total. The van der Waals surface area contributed by atoms with E-state index < -0.39 is 18.6 Å². The maximum atomic E-state index is 11.9. The monoisotopic (exact) mass is 275 g/mol. The largest absolute Gasteiger partial charge is 0.405 e. The third-order valence-electron chi connectivity index (χ3n) is 2.66. The summed E-state index contributed by atoms with van der Waals surface area (Å²) in [6.07, 6.45) is -2.76. The molecule has 1 heterocycles. The molecular weight excluding hydrogens is 259 g/mol. The molecule has 0 bridgehead atoms. The summed E-state index contributed by atoms with van der Waals surface area (Å²) in [6.45, 7) is 0.408. The minimum absolute atomic E-state index is 0.117. The van der Waals surface area contributed by atoms with Crippen molar-refractivity contribution in [1.82, 2.24) is 15.2 Å². The third-order valence-corrected chi connectivity index (χ3v) is 2.66. The average molecular weight is 275 g/mol. The molecule has 0 saturated heterocycles. The molecular formula is C12H16F3N3O. The van der Waals surface area contributed by atoms with Crippen molar-refractivity contribution in [2.45, 2.75) is 19.1 Å². The molecule has 1 amide bonds. The van der Waals surface area contributed by atoms with Crippen LogP contribution in [-0.2, 0) is 4.79 Å². The number of rotatable bonds is 5. The minimum atomic E-state index is -4.39. The second kappa shape index (κ2) is 6.51. The van der Waals surface area contributed by atoms with Crippen LogP contribution in [0.3, 0.4) is 0 Å². The van der Waals surface area contributed by atoms with E-state index in [2.05, 4.69) is 4.98 Å². The summed E-state index contributed by atoms with van der Waals surface area (Å²) in [7, 11) is 1.66. The Hall–Kier alpha value is -1.63. The highest BCUT2D eigenvalue weighted by Crippen LogP contribution is 2.15. The molecule has 7 heteroatoms. The first-order valence-electron chi connectivity index (χ1n) is 5.74. The molecule has 0 aliphatic heterocycles. The van der Waals surface area contributed by atoms with E-state index in [1.807, 2.05) is 18.3 Å². The molecule has 1 aromatic heterocycles. The van der Waals surface area contributed by atoms with Gasteiger partial charge < -0.3 is 5.32 Å². The first kappa shape index (κ1) is 15.4. The number of halogens is 3. The lowest BCUT2D eigenvalue weighted by molar-refractivity contribution is -0.139. The van der Waals surface area contributed by atoms with Gasteiger partial charge in [0, 0.05) is 12.2 Å². The van der Waals surface area contributed by atoms with Gasteiger partial charge in [0.15, 0.2) is 0 Å². The number of hydrogen-bond acceptors (Lipinski definition) is 3. The number of carbonyl (C=O) groups is 1. The van der Waals surface area contributed by atoms with Gasteiger partial charge in [-0.25, -0.2) is 0 Å². The highest BCUT2D eigenvalue weighted by Gasteiger charge is 2.28. The van der Waals surface area contributed by atoms with Crippen molar-refractivity contribution in [2.75, 3.05) is 20.1 Å².